The normalized spacial score (nSPS) is 16.6. The van der Waals surface area contributed by atoms with Gasteiger partial charge in [0.1, 0.15) is 12.6 Å². The number of hydrogen-bond acceptors (Lipinski definition) is 8. The number of nitrogens with zero attached hydrogens (tertiary/aromatic N) is 1. The minimum Gasteiger partial charge on any atom is -0.463 e. The first-order valence-corrected chi connectivity index (χ1v) is 14.2. The minimum atomic E-state index is -1.07. The van der Waals surface area contributed by atoms with Gasteiger partial charge in [0.25, 0.3) is 11.8 Å². The lowest BCUT2D eigenvalue weighted by atomic mass is 10.0. The zero-order chi connectivity index (χ0) is 28.9. The van der Waals surface area contributed by atoms with Crippen LogP contribution >= 0.6 is 0 Å². The summed E-state index contributed by atoms with van der Waals surface area (Å²) in [5, 5.41) is 4.88. The molecule has 1 aromatic carbocycles. The lowest BCUT2D eigenvalue weighted by Crippen LogP contribution is -2.54. The van der Waals surface area contributed by atoms with Gasteiger partial charge in [-0.25, -0.2) is 0 Å². The molecule has 0 radical (unpaired) electrons. The maximum atomic E-state index is 13.1. The molecule has 2 aliphatic rings. The van der Waals surface area contributed by atoms with Gasteiger partial charge in [-0.15, -0.1) is 0 Å². The van der Waals surface area contributed by atoms with E-state index in [2.05, 4.69) is 17.6 Å². The van der Waals surface area contributed by atoms with E-state index in [1.165, 1.54) is 18.9 Å². The summed E-state index contributed by atoms with van der Waals surface area (Å²) in [6.07, 6.45) is 8.27. The molecule has 0 saturated carbocycles. The zero-order valence-electron chi connectivity index (χ0n) is 23.1. The van der Waals surface area contributed by atoms with Crippen LogP contribution in [0.4, 0.5) is 5.69 Å². The van der Waals surface area contributed by atoms with Crippen LogP contribution in [0.2, 0.25) is 0 Å². The summed E-state index contributed by atoms with van der Waals surface area (Å²) in [4.78, 5) is 74.8. The third-order valence-corrected chi connectivity index (χ3v) is 6.91. The third-order valence-electron chi connectivity index (χ3n) is 6.91. The maximum Gasteiger partial charge on any atom is 0.305 e. The van der Waals surface area contributed by atoms with Crippen LogP contribution in [0.3, 0.4) is 0 Å². The average Bonchev–Trinajstić information content (AvgIpc) is 3.18. The molecular weight excluding hydrogens is 518 g/mol. The molecule has 0 spiro atoms. The Morgan fingerprint density at radius 1 is 0.925 bits per heavy atom. The molecule has 218 valence electrons. The second-order valence-electron chi connectivity index (χ2n) is 10.0. The van der Waals surface area contributed by atoms with E-state index in [9.17, 15) is 28.8 Å². The highest BCUT2D eigenvalue weighted by molar-refractivity contribution is 6.26. The molecule has 11 nitrogen and oxygen atoms in total. The van der Waals surface area contributed by atoms with Gasteiger partial charge in [0.2, 0.25) is 17.7 Å². The number of fused-ring (bicyclic) bond motifs is 1. The quantitative estimate of drug-likeness (QED) is 0.168. The molecule has 2 N–H and O–H groups in total. The summed E-state index contributed by atoms with van der Waals surface area (Å²) in [7, 11) is 0. The van der Waals surface area contributed by atoms with Crippen molar-refractivity contribution in [2.45, 2.75) is 90.0 Å². The van der Waals surface area contributed by atoms with Crippen molar-refractivity contribution in [3.8, 4) is 0 Å². The van der Waals surface area contributed by atoms with Gasteiger partial charge in [-0.3, -0.25) is 39.0 Å². The Labute approximate surface area is 234 Å². The predicted octanol–water partition coefficient (Wildman–Crippen LogP) is 3.51. The first-order valence-electron chi connectivity index (χ1n) is 14.2. The molecule has 1 saturated heterocycles. The predicted molar refractivity (Wildman–Crippen MR) is 145 cm³/mol. The van der Waals surface area contributed by atoms with E-state index in [-0.39, 0.29) is 54.6 Å². The molecule has 3 rings (SSSR count). The van der Waals surface area contributed by atoms with Crippen molar-refractivity contribution in [1.29, 1.82) is 0 Å². The van der Waals surface area contributed by atoms with Gasteiger partial charge >= 0.3 is 5.97 Å². The number of carbonyl (C=O) groups excluding carboxylic acids is 6. The van der Waals surface area contributed by atoms with Crippen molar-refractivity contribution in [3.05, 3.63) is 29.3 Å². The molecule has 1 fully saturated rings. The zero-order valence-corrected chi connectivity index (χ0v) is 23.1. The second-order valence-corrected chi connectivity index (χ2v) is 10.0. The Hall–Kier alpha value is -3.60. The SMILES string of the molecule is CCCCCCCC(=O)OCCOCCCCCC(=O)Nc1cccc2c1C(=O)N(C1CCC(=O)NC1=O)C2=O. The van der Waals surface area contributed by atoms with Crippen molar-refractivity contribution in [2.75, 3.05) is 25.1 Å². The molecule has 0 aliphatic carbocycles. The Balaban J connectivity index is 1.32. The summed E-state index contributed by atoms with van der Waals surface area (Å²) in [5.41, 5.74) is 0.382. The Morgan fingerprint density at radius 3 is 2.45 bits per heavy atom. The number of ether oxygens (including phenoxy) is 2. The van der Waals surface area contributed by atoms with Crippen molar-refractivity contribution in [2.24, 2.45) is 0 Å². The molecule has 11 heteroatoms. The molecule has 1 aromatic rings. The first kappa shape index (κ1) is 30.9. The number of esters is 1. The molecular formula is C29H39N3O8. The lowest BCUT2D eigenvalue weighted by molar-refractivity contribution is -0.145. The summed E-state index contributed by atoms with van der Waals surface area (Å²) < 4.78 is 10.7. The number of piperidine rings is 1. The number of unbranched alkanes of at least 4 members (excludes halogenated alkanes) is 6. The Kier molecular flexibility index (Phi) is 12.3. The van der Waals surface area contributed by atoms with Crippen LogP contribution in [0.25, 0.3) is 0 Å². The Morgan fingerprint density at radius 2 is 1.68 bits per heavy atom. The highest BCUT2D eigenvalue weighted by Crippen LogP contribution is 2.32. The topological polar surface area (TPSA) is 148 Å². The van der Waals surface area contributed by atoms with Crippen LogP contribution in [0.1, 0.15) is 105 Å². The minimum absolute atomic E-state index is 0.0329. The third kappa shape index (κ3) is 8.70. The fraction of sp³-hybridized carbons (Fsp3) is 0.586. The smallest absolute Gasteiger partial charge is 0.305 e. The molecule has 1 atom stereocenters. The first-order chi connectivity index (χ1) is 19.3. The van der Waals surface area contributed by atoms with Gasteiger partial charge in [-0.05, 0) is 37.8 Å². The lowest BCUT2D eigenvalue weighted by Gasteiger charge is -2.27. The van der Waals surface area contributed by atoms with Gasteiger partial charge in [0, 0.05) is 25.9 Å². The molecule has 40 heavy (non-hydrogen) atoms. The van der Waals surface area contributed by atoms with Crippen molar-refractivity contribution in [1.82, 2.24) is 10.2 Å². The van der Waals surface area contributed by atoms with E-state index in [1.807, 2.05) is 0 Å². The number of imide groups is 2. The number of hydrogen-bond donors (Lipinski definition) is 2. The maximum absolute atomic E-state index is 13.1. The van der Waals surface area contributed by atoms with E-state index in [4.69, 9.17) is 9.47 Å². The average molecular weight is 558 g/mol. The van der Waals surface area contributed by atoms with Crippen molar-refractivity contribution < 1.29 is 38.2 Å². The molecule has 0 aromatic heterocycles. The number of benzene rings is 1. The number of nitrogens with one attached hydrogen (secondary N) is 2. The number of rotatable bonds is 17. The van der Waals surface area contributed by atoms with Crippen LogP contribution in [0.15, 0.2) is 18.2 Å². The van der Waals surface area contributed by atoms with Gasteiger partial charge in [-0.2, -0.15) is 0 Å². The second kappa shape index (κ2) is 15.9. The van der Waals surface area contributed by atoms with Crippen LogP contribution in [0.5, 0.6) is 0 Å². The fourth-order valence-corrected chi connectivity index (χ4v) is 4.76. The van der Waals surface area contributed by atoms with Gasteiger partial charge in [0.15, 0.2) is 0 Å². The van der Waals surface area contributed by atoms with Crippen molar-refractivity contribution in [3.63, 3.8) is 0 Å². The largest absolute Gasteiger partial charge is 0.463 e. The van der Waals surface area contributed by atoms with E-state index in [1.54, 1.807) is 12.1 Å². The van der Waals surface area contributed by atoms with Crippen molar-refractivity contribution >= 4 is 41.2 Å². The summed E-state index contributed by atoms with van der Waals surface area (Å²) in [6, 6.07) is 3.52. The fourth-order valence-electron chi connectivity index (χ4n) is 4.76. The summed E-state index contributed by atoms with van der Waals surface area (Å²) in [6.45, 7) is 3.22. The van der Waals surface area contributed by atoms with Gasteiger partial charge in [-0.1, -0.05) is 45.1 Å². The van der Waals surface area contributed by atoms with E-state index >= 15 is 0 Å². The van der Waals surface area contributed by atoms with Crippen LogP contribution < -0.4 is 10.6 Å². The Bertz CT molecular complexity index is 1100. The molecule has 1 unspecified atom stereocenters. The van der Waals surface area contributed by atoms with Crippen LogP contribution in [0, 0.1) is 0 Å². The number of amides is 5. The van der Waals surface area contributed by atoms with Gasteiger partial charge < -0.3 is 14.8 Å². The highest BCUT2D eigenvalue weighted by atomic mass is 16.6. The van der Waals surface area contributed by atoms with E-state index in [0.29, 0.717) is 26.1 Å². The molecule has 2 aliphatic heterocycles. The number of anilines is 1. The molecule has 0 bridgehead atoms. The number of carbonyl (C=O) groups is 6. The van der Waals surface area contributed by atoms with Crippen LogP contribution in [-0.4, -0.2) is 66.3 Å². The van der Waals surface area contributed by atoms with E-state index in [0.717, 1.165) is 37.0 Å². The highest BCUT2D eigenvalue weighted by Gasteiger charge is 2.45. The molecule has 2 heterocycles. The molecule has 5 amide bonds. The summed E-state index contributed by atoms with van der Waals surface area (Å²) in [5.74, 6) is -2.90. The monoisotopic (exact) mass is 557 g/mol. The summed E-state index contributed by atoms with van der Waals surface area (Å²) >= 11 is 0. The standard InChI is InChI=1S/C29H39N3O8/c1-2-3-4-5-8-14-25(35)40-19-18-39-17-9-6-7-13-23(33)30-21-12-10-11-20-26(21)29(38)32(28(20)37)22-15-16-24(34)31-27(22)36/h10-12,22H,2-9,13-19H2,1H3,(H,30,33)(H,31,34,36). The van der Waals surface area contributed by atoms with Gasteiger partial charge in [0.05, 0.1) is 23.4 Å². The van der Waals surface area contributed by atoms with Crippen LogP contribution in [-0.2, 0) is 28.7 Å². The van der Waals surface area contributed by atoms with E-state index < -0.39 is 29.7 Å².